The fourth-order valence-corrected chi connectivity index (χ4v) is 2.23. The minimum atomic E-state index is -4.54. The molecule has 0 aliphatic rings. The van der Waals surface area contributed by atoms with Crippen molar-refractivity contribution in [1.82, 2.24) is 9.78 Å². The van der Waals surface area contributed by atoms with Gasteiger partial charge in [-0.1, -0.05) is 23.2 Å². The van der Waals surface area contributed by atoms with Crippen LogP contribution >= 0.6 is 23.2 Å². The molecule has 20 heavy (non-hydrogen) atoms. The minimum absolute atomic E-state index is 0.0575. The molecule has 0 saturated heterocycles. The predicted molar refractivity (Wildman–Crippen MR) is 69.6 cm³/mol. The number of benzene rings is 1. The largest absolute Gasteiger partial charge is 0.480 e. The fourth-order valence-electron chi connectivity index (χ4n) is 1.58. The molecule has 4 nitrogen and oxygen atoms in total. The summed E-state index contributed by atoms with van der Waals surface area (Å²) in [7, 11) is 1.38. The highest BCUT2D eigenvalue weighted by molar-refractivity contribution is 6.37. The van der Waals surface area contributed by atoms with Crippen LogP contribution in [0.4, 0.5) is 19.0 Å². The molecule has 0 atom stereocenters. The van der Waals surface area contributed by atoms with Crippen LogP contribution in [0.1, 0.15) is 5.56 Å². The van der Waals surface area contributed by atoms with Gasteiger partial charge in [0, 0.05) is 6.07 Å². The molecule has 1 heterocycles. The first-order valence-electron chi connectivity index (χ1n) is 5.20. The van der Waals surface area contributed by atoms with Gasteiger partial charge < -0.3 is 10.5 Å². The van der Waals surface area contributed by atoms with Gasteiger partial charge >= 0.3 is 6.18 Å². The Morgan fingerprint density at radius 1 is 1.20 bits per heavy atom. The number of methoxy groups -OCH3 is 1. The molecule has 0 aliphatic carbocycles. The lowest BCUT2D eigenvalue weighted by Crippen LogP contribution is -2.08. The van der Waals surface area contributed by atoms with E-state index >= 15 is 0 Å². The number of rotatable bonds is 2. The van der Waals surface area contributed by atoms with Crippen molar-refractivity contribution >= 4 is 29.0 Å². The Morgan fingerprint density at radius 2 is 1.75 bits per heavy atom. The van der Waals surface area contributed by atoms with E-state index in [-0.39, 0.29) is 27.4 Å². The molecule has 0 aliphatic heterocycles. The van der Waals surface area contributed by atoms with Crippen LogP contribution in [0.3, 0.4) is 0 Å². The zero-order chi connectivity index (χ0) is 15.1. The summed E-state index contributed by atoms with van der Waals surface area (Å²) >= 11 is 11.7. The maximum atomic E-state index is 12.6. The number of halogens is 5. The second-order valence-electron chi connectivity index (χ2n) is 3.81. The second-order valence-corrected chi connectivity index (χ2v) is 4.62. The highest BCUT2D eigenvalue weighted by Crippen LogP contribution is 2.38. The maximum absolute atomic E-state index is 12.6. The number of nitrogens with two attached hydrogens (primary N) is 1. The molecule has 0 unspecified atom stereocenters. The van der Waals surface area contributed by atoms with E-state index in [1.807, 2.05) is 0 Å². The van der Waals surface area contributed by atoms with Crippen LogP contribution in [-0.4, -0.2) is 16.9 Å². The SMILES string of the molecule is COc1cc(N)n(-c2c(Cl)cc(C(F)(F)F)cc2Cl)n1. The molecule has 108 valence electrons. The van der Waals surface area contributed by atoms with E-state index in [2.05, 4.69) is 5.10 Å². The van der Waals surface area contributed by atoms with Crippen LogP contribution in [0.2, 0.25) is 10.0 Å². The minimum Gasteiger partial charge on any atom is -0.480 e. The number of hydrogen-bond donors (Lipinski definition) is 1. The lowest BCUT2D eigenvalue weighted by molar-refractivity contribution is -0.137. The zero-order valence-electron chi connectivity index (χ0n) is 10.0. The van der Waals surface area contributed by atoms with Gasteiger partial charge in [0.15, 0.2) is 0 Å². The Hall–Kier alpha value is -1.60. The van der Waals surface area contributed by atoms with E-state index < -0.39 is 11.7 Å². The normalized spacial score (nSPS) is 11.7. The summed E-state index contributed by atoms with van der Waals surface area (Å²) in [5.41, 5.74) is 4.80. The number of nitrogens with zero attached hydrogens (tertiary/aromatic N) is 2. The van der Waals surface area contributed by atoms with Crippen molar-refractivity contribution in [2.75, 3.05) is 12.8 Å². The molecule has 0 radical (unpaired) electrons. The van der Waals surface area contributed by atoms with Crippen LogP contribution in [0.15, 0.2) is 18.2 Å². The van der Waals surface area contributed by atoms with Gasteiger partial charge in [-0.25, -0.2) is 4.68 Å². The number of hydrogen-bond acceptors (Lipinski definition) is 3. The van der Waals surface area contributed by atoms with E-state index in [1.165, 1.54) is 13.2 Å². The van der Waals surface area contributed by atoms with E-state index in [1.54, 1.807) is 0 Å². The van der Waals surface area contributed by atoms with Crippen molar-refractivity contribution in [2.24, 2.45) is 0 Å². The first kappa shape index (κ1) is 14.8. The highest BCUT2D eigenvalue weighted by Gasteiger charge is 2.32. The third-order valence-corrected chi connectivity index (χ3v) is 3.06. The smallest absolute Gasteiger partial charge is 0.416 e. The molecule has 2 rings (SSSR count). The summed E-state index contributed by atoms with van der Waals surface area (Å²) < 4.78 is 43.9. The molecule has 0 fully saturated rings. The first-order valence-corrected chi connectivity index (χ1v) is 5.95. The third kappa shape index (κ3) is 2.64. The third-order valence-electron chi connectivity index (χ3n) is 2.48. The molecule has 2 N–H and O–H groups in total. The van der Waals surface area contributed by atoms with Crippen molar-refractivity contribution in [3.05, 3.63) is 33.8 Å². The second kappa shape index (κ2) is 5.06. The van der Waals surface area contributed by atoms with Crippen LogP contribution < -0.4 is 10.5 Å². The summed E-state index contributed by atoms with van der Waals surface area (Å²) in [5, 5.41) is 3.49. The lowest BCUT2D eigenvalue weighted by atomic mass is 10.2. The van der Waals surface area contributed by atoms with Gasteiger partial charge in [-0.05, 0) is 12.1 Å². The molecule has 0 saturated carbocycles. The molecule has 0 spiro atoms. The van der Waals surface area contributed by atoms with Crippen LogP contribution in [0.25, 0.3) is 5.69 Å². The quantitative estimate of drug-likeness (QED) is 0.913. The Kier molecular flexibility index (Phi) is 3.75. The van der Waals surface area contributed by atoms with Gasteiger partial charge in [-0.15, -0.1) is 5.10 Å². The van der Waals surface area contributed by atoms with Crippen molar-refractivity contribution in [2.45, 2.75) is 6.18 Å². The summed E-state index contributed by atoms with van der Waals surface area (Å²) in [6.45, 7) is 0. The number of nitrogen functional groups attached to an aromatic ring is 1. The molecule has 2 aromatic rings. The molecule has 9 heteroatoms. The van der Waals surface area contributed by atoms with Crippen molar-refractivity contribution < 1.29 is 17.9 Å². The zero-order valence-corrected chi connectivity index (χ0v) is 11.5. The van der Waals surface area contributed by atoms with Crippen molar-refractivity contribution in [3.8, 4) is 11.6 Å². The Labute approximate surface area is 121 Å². The molecule has 1 aromatic carbocycles. The van der Waals surface area contributed by atoms with Gasteiger partial charge in [0.05, 0.1) is 22.7 Å². The molecular formula is C11H8Cl2F3N3O. The molecule has 1 aromatic heterocycles. The standard InChI is InChI=1S/C11H8Cl2F3N3O/c1-20-9-4-8(17)19(18-9)10-6(12)2-5(3-7(10)13)11(14,15)16/h2-4H,17H2,1H3. The number of ether oxygens (including phenoxy) is 1. The van der Waals surface area contributed by atoms with Gasteiger partial charge in [0.25, 0.3) is 0 Å². The van der Waals surface area contributed by atoms with E-state index in [0.717, 1.165) is 16.8 Å². The van der Waals surface area contributed by atoms with Gasteiger partial charge in [-0.3, -0.25) is 0 Å². The average molecular weight is 326 g/mol. The van der Waals surface area contributed by atoms with Gasteiger partial charge in [0.2, 0.25) is 5.88 Å². The lowest BCUT2D eigenvalue weighted by Gasteiger charge is -2.13. The van der Waals surface area contributed by atoms with Crippen LogP contribution in [-0.2, 0) is 6.18 Å². The number of anilines is 1. The Bertz CT molecular complexity index is 632. The van der Waals surface area contributed by atoms with Gasteiger partial charge in [0.1, 0.15) is 11.5 Å². The predicted octanol–water partition coefficient (Wildman–Crippen LogP) is 3.79. The first-order chi connectivity index (χ1) is 9.24. The summed E-state index contributed by atoms with van der Waals surface area (Å²) in [6.07, 6.45) is -4.54. The Morgan fingerprint density at radius 3 is 2.15 bits per heavy atom. The molecular weight excluding hydrogens is 318 g/mol. The molecule has 0 amide bonds. The van der Waals surface area contributed by atoms with E-state index in [0.29, 0.717) is 0 Å². The fraction of sp³-hybridized carbons (Fsp3) is 0.182. The number of alkyl halides is 3. The van der Waals surface area contributed by atoms with Crippen molar-refractivity contribution in [3.63, 3.8) is 0 Å². The maximum Gasteiger partial charge on any atom is 0.416 e. The summed E-state index contributed by atoms with van der Waals surface area (Å²) in [4.78, 5) is 0. The monoisotopic (exact) mass is 325 g/mol. The topological polar surface area (TPSA) is 53.1 Å². The van der Waals surface area contributed by atoms with Crippen LogP contribution in [0, 0.1) is 0 Å². The summed E-state index contributed by atoms with van der Waals surface area (Å²) in [6, 6.07) is 2.91. The average Bonchev–Trinajstić information content (AvgIpc) is 2.69. The van der Waals surface area contributed by atoms with Gasteiger partial charge in [-0.2, -0.15) is 13.2 Å². The highest BCUT2D eigenvalue weighted by atomic mass is 35.5. The number of aromatic nitrogens is 2. The van der Waals surface area contributed by atoms with E-state index in [4.69, 9.17) is 33.7 Å². The van der Waals surface area contributed by atoms with E-state index in [9.17, 15) is 13.2 Å². The van der Waals surface area contributed by atoms with Crippen molar-refractivity contribution in [1.29, 1.82) is 0 Å². The molecule has 0 bridgehead atoms. The van der Waals surface area contributed by atoms with Crippen LogP contribution in [0.5, 0.6) is 5.88 Å². The Balaban J connectivity index is 2.61. The summed E-state index contributed by atoms with van der Waals surface area (Å²) in [5.74, 6) is 0.319.